The van der Waals surface area contributed by atoms with E-state index in [2.05, 4.69) is 0 Å². The van der Waals surface area contributed by atoms with Gasteiger partial charge >= 0.3 is 7.12 Å². The van der Waals surface area contributed by atoms with Gasteiger partial charge in [-0.25, -0.2) is 0 Å². The number of hydrogen-bond donors (Lipinski definition) is 3. The number of thiophene rings is 1. The molecule has 0 aliphatic heterocycles. The van der Waals surface area contributed by atoms with Crippen LogP contribution in [0.5, 0.6) is 5.75 Å². The molecule has 2 aromatic rings. The molecule has 0 radical (unpaired) electrons. The lowest BCUT2D eigenvalue weighted by Crippen LogP contribution is -2.29. The summed E-state index contributed by atoms with van der Waals surface area (Å²) in [5.41, 5.74) is 0.356. The number of aromatic hydroxyl groups is 1. The molecule has 0 saturated heterocycles. The van der Waals surface area contributed by atoms with E-state index in [1.54, 1.807) is 6.07 Å². The Morgan fingerprint density at radius 1 is 1.29 bits per heavy atom. The molecular weight excluding hydrogens is 222 g/mol. The summed E-state index contributed by atoms with van der Waals surface area (Å²) in [7, 11) is -1.55. The lowest BCUT2D eigenvalue weighted by molar-refractivity contribution is 0.426. The van der Waals surface area contributed by atoms with Gasteiger partial charge in [-0.15, -0.1) is 11.3 Å². The van der Waals surface area contributed by atoms with Crippen molar-refractivity contribution in [1.82, 2.24) is 0 Å². The van der Waals surface area contributed by atoms with Gasteiger partial charge in [0.15, 0.2) is 0 Å². The molecule has 0 aliphatic carbocycles. The minimum absolute atomic E-state index is 0.0903. The molecule has 0 aliphatic rings. The SMILES string of the molecule is OB(O)c1ccc(O)c2cc(Cl)sc12. The molecule has 6 heteroatoms. The fraction of sp³-hybridized carbons (Fsp3) is 0. The molecule has 3 nitrogen and oxygen atoms in total. The van der Waals surface area contributed by atoms with Gasteiger partial charge in [0.1, 0.15) is 5.75 Å². The molecule has 0 bridgehead atoms. The zero-order valence-electron chi connectivity index (χ0n) is 6.94. The van der Waals surface area contributed by atoms with Crippen LogP contribution in [0.4, 0.5) is 0 Å². The monoisotopic (exact) mass is 228 g/mol. The Morgan fingerprint density at radius 2 is 2.00 bits per heavy atom. The van der Waals surface area contributed by atoms with Crippen LogP contribution in [-0.4, -0.2) is 22.3 Å². The van der Waals surface area contributed by atoms with Crippen molar-refractivity contribution in [3.8, 4) is 5.75 Å². The maximum absolute atomic E-state index is 9.48. The molecule has 14 heavy (non-hydrogen) atoms. The van der Waals surface area contributed by atoms with Crippen molar-refractivity contribution in [2.24, 2.45) is 0 Å². The Morgan fingerprint density at radius 3 is 2.64 bits per heavy atom. The summed E-state index contributed by atoms with van der Waals surface area (Å²) in [5.74, 6) is 0.0903. The molecule has 0 atom stereocenters. The summed E-state index contributed by atoms with van der Waals surface area (Å²) in [4.78, 5) is 0. The Balaban J connectivity index is 2.81. The van der Waals surface area contributed by atoms with Crippen molar-refractivity contribution in [3.05, 3.63) is 22.5 Å². The number of fused-ring (bicyclic) bond motifs is 1. The van der Waals surface area contributed by atoms with E-state index in [-0.39, 0.29) is 5.75 Å². The van der Waals surface area contributed by atoms with Crippen molar-refractivity contribution >= 4 is 45.6 Å². The molecule has 0 fully saturated rings. The number of phenols is 1. The lowest BCUT2D eigenvalue weighted by Gasteiger charge is -2.01. The minimum atomic E-state index is -1.55. The predicted octanol–water partition coefficient (Wildman–Crippen LogP) is 0.940. The zero-order valence-corrected chi connectivity index (χ0v) is 8.51. The van der Waals surface area contributed by atoms with Crippen molar-refractivity contribution in [2.75, 3.05) is 0 Å². The van der Waals surface area contributed by atoms with E-state index in [9.17, 15) is 5.11 Å². The van der Waals surface area contributed by atoms with Gasteiger partial charge in [0.2, 0.25) is 0 Å². The van der Waals surface area contributed by atoms with Crippen LogP contribution < -0.4 is 5.46 Å². The standard InChI is InChI=1S/C8H6BClO3S/c10-7-3-4-6(11)2-1-5(9(12)13)8(4)14-7/h1-3,11-13H. The molecule has 0 saturated carbocycles. The first-order chi connectivity index (χ1) is 6.59. The number of benzene rings is 1. The van der Waals surface area contributed by atoms with Crippen molar-refractivity contribution < 1.29 is 15.2 Å². The van der Waals surface area contributed by atoms with Crippen LogP contribution in [0, 0.1) is 0 Å². The Bertz CT molecular complexity index is 483. The summed E-state index contributed by atoms with van der Waals surface area (Å²) in [6, 6.07) is 4.48. The first kappa shape index (κ1) is 9.80. The maximum Gasteiger partial charge on any atom is 0.489 e. The third-order valence-corrected chi connectivity index (χ3v) is 3.25. The van der Waals surface area contributed by atoms with Gasteiger partial charge in [0.25, 0.3) is 0 Å². The number of rotatable bonds is 1. The average molecular weight is 228 g/mol. The Labute approximate surface area is 89.3 Å². The van der Waals surface area contributed by atoms with Gasteiger partial charge < -0.3 is 15.2 Å². The highest BCUT2D eigenvalue weighted by Crippen LogP contribution is 2.33. The van der Waals surface area contributed by atoms with Crippen LogP contribution >= 0.6 is 22.9 Å². The van der Waals surface area contributed by atoms with Gasteiger partial charge in [-0.2, -0.15) is 0 Å². The molecule has 0 spiro atoms. The van der Waals surface area contributed by atoms with Gasteiger partial charge in [0.05, 0.1) is 4.34 Å². The fourth-order valence-corrected chi connectivity index (χ4v) is 2.58. The molecule has 3 N–H and O–H groups in total. The van der Waals surface area contributed by atoms with Gasteiger partial charge in [-0.3, -0.25) is 0 Å². The molecule has 1 aromatic carbocycles. The molecule has 0 amide bonds. The predicted molar refractivity (Wildman–Crippen MR) is 58.3 cm³/mol. The summed E-state index contributed by atoms with van der Waals surface area (Å²) in [5, 5.41) is 28.1. The van der Waals surface area contributed by atoms with Crippen LogP contribution in [0.15, 0.2) is 18.2 Å². The molecule has 1 heterocycles. The molecule has 0 unspecified atom stereocenters. The average Bonchev–Trinajstić information content (AvgIpc) is 2.47. The molecule has 72 valence electrons. The molecular formula is C8H6BClO3S. The normalized spacial score (nSPS) is 10.8. The quantitative estimate of drug-likeness (QED) is 0.637. The summed E-state index contributed by atoms with van der Waals surface area (Å²) in [6.45, 7) is 0. The second-order valence-electron chi connectivity index (χ2n) is 2.84. The van der Waals surface area contributed by atoms with Crippen molar-refractivity contribution in [1.29, 1.82) is 0 Å². The van der Waals surface area contributed by atoms with Gasteiger partial charge in [-0.1, -0.05) is 17.7 Å². The van der Waals surface area contributed by atoms with Crippen molar-refractivity contribution in [3.63, 3.8) is 0 Å². The van der Waals surface area contributed by atoms with E-state index in [4.69, 9.17) is 21.6 Å². The minimum Gasteiger partial charge on any atom is -0.507 e. The third-order valence-electron chi connectivity index (χ3n) is 1.94. The van der Waals surface area contributed by atoms with Crippen molar-refractivity contribution in [2.45, 2.75) is 0 Å². The van der Waals surface area contributed by atoms with Gasteiger partial charge in [0, 0.05) is 15.5 Å². The fourth-order valence-electron chi connectivity index (χ4n) is 1.30. The lowest BCUT2D eigenvalue weighted by atomic mass is 9.80. The summed E-state index contributed by atoms with van der Waals surface area (Å²) < 4.78 is 1.11. The van der Waals surface area contributed by atoms with Crippen LogP contribution in [0.1, 0.15) is 0 Å². The van der Waals surface area contributed by atoms with Crippen LogP contribution in [-0.2, 0) is 0 Å². The van der Waals surface area contributed by atoms with E-state index in [0.29, 0.717) is 19.9 Å². The Kier molecular flexibility index (Phi) is 2.40. The third kappa shape index (κ3) is 1.48. The largest absolute Gasteiger partial charge is 0.507 e. The highest BCUT2D eigenvalue weighted by atomic mass is 35.5. The number of phenolic OH excluding ortho intramolecular Hbond substituents is 1. The van der Waals surface area contributed by atoms with E-state index in [0.717, 1.165) is 0 Å². The smallest absolute Gasteiger partial charge is 0.489 e. The first-order valence-corrected chi connectivity index (χ1v) is 5.06. The van der Waals surface area contributed by atoms with E-state index < -0.39 is 7.12 Å². The Hall–Kier alpha value is -0.745. The first-order valence-electron chi connectivity index (χ1n) is 3.86. The van der Waals surface area contributed by atoms with E-state index in [1.165, 1.54) is 23.5 Å². The van der Waals surface area contributed by atoms with Crippen LogP contribution in [0.2, 0.25) is 4.34 Å². The van der Waals surface area contributed by atoms with E-state index >= 15 is 0 Å². The maximum atomic E-state index is 9.48. The number of hydrogen-bond acceptors (Lipinski definition) is 4. The van der Waals surface area contributed by atoms with Gasteiger partial charge in [-0.05, 0) is 12.1 Å². The summed E-state index contributed by atoms with van der Waals surface area (Å²) >= 11 is 6.98. The topological polar surface area (TPSA) is 60.7 Å². The van der Waals surface area contributed by atoms with Crippen LogP contribution in [0.3, 0.4) is 0 Å². The second kappa shape index (κ2) is 3.44. The zero-order chi connectivity index (χ0) is 10.3. The summed E-state index contributed by atoms with van der Waals surface area (Å²) in [6.07, 6.45) is 0. The highest BCUT2D eigenvalue weighted by molar-refractivity contribution is 7.24. The highest BCUT2D eigenvalue weighted by Gasteiger charge is 2.18. The molecule has 1 aromatic heterocycles. The van der Waals surface area contributed by atoms with Crippen LogP contribution in [0.25, 0.3) is 10.1 Å². The number of halogens is 1. The van der Waals surface area contributed by atoms with E-state index in [1.807, 2.05) is 0 Å². The second-order valence-corrected chi connectivity index (χ2v) is 4.52. The molecule has 2 rings (SSSR count).